The summed E-state index contributed by atoms with van der Waals surface area (Å²) >= 11 is 0. The number of benzene rings is 2. The summed E-state index contributed by atoms with van der Waals surface area (Å²) < 4.78 is 82.3. The van der Waals surface area contributed by atoms with Gasteiger partial charge >= 0.3 is 6.18 Å². The van der Waals surface area contributed by atoms with E-state index in [1.807, 2.05) is 6.92 Å². The highest BCUT2D eigenvalue weighted by Crippen LogP contribution is 2.35. The molecule has 2 aromatic carbocycles. The van der Waals surface area contributed by atoms with Crippen molar-refractivity contribution in [3.05, 3.63) is 71.3 Å². The quantitative estimate of drug-likeness (QED) is 0.278. The summed E-state index contributed by atoms with van der Waals surface area (Å²) in [5.41, 5.74) is 2.96. The lowest BCUT2D eigenvalue weighted by molar-refractivity contribution is -0.140. The van der Waals surface area contributed by atoms with Crippen LogP contribution < -0.4 is 5.32 Å². The smallest absolute Gasteiger partial charge is 0.355 e. The van der Waals surface area contributed by atoms with E-state index in [4.69, 9.17) is 5.41 Å². The molecule has 0 bridgehead atoms. The predicted octanol–water partition coefficient (Wildman–Crippen LogP) is 5.09. The van der Waals surface area contributed by atoms with Gasteiger partial charge in [0.2, 0.25) is 10.0 Å². The van der Waals surface area contributed by atoms with Gasteiger partial charge in [0, 0.05) is 68.1 Å². The fourth-order valence-electron chi connectivity index (χ4n) is 4.66. The standard InChI is InChI=1S/C26H30F4N6O2S/c1-3-35-16-22(15-32-35)39(37,38)36-11-10-34(9-8-26(28,29)30)25(17-36)23-13-19(14-31)24(12-18(23)2)33-21-6-4-20(27)5-7-21/h4-7,12-16,25,31,33H,3,8-11,17H2,1-2H3/t25-/m1/s1. The first-order valence-corrected chi connectivity index (χ1v) is 13.9. The van der Waals surface area contributed by atoms with E-state index in [9.17, 15) is 26.0 Å². The molecule has 1 atom stereocenters. The van der Waals surface area contributed by atoms with Crippen LogP contribution in [0, 0.1) is 18.2 Å². The van der Waals surface area contributed by atoms with Crippen molar-refractivity contribution in [1.29, 1.82) is 5.41 Å². The molecule has 39 heavy (non-hydrogen) atoms. The molecule has 8 nitrogen and oxygen atoms in total. The molecular formula is C26H30F4N6O2S. The summed E-state index contributed by atoms with van der Waals surface area (Å²) in [4.78, 5) is 1.68. The minimum Gasteiger partial charge on any atom is -0.355 e. The first-order chi connectivity index (χ1) is 18.4. The summed E-state index contributed by atoms with van der Waals surface area (Å²) in [6, 6.07) is 8.49. The Morgan fingerprint density at radius 1 is 1.18 bits per heavy atom. The zero-order valence-corrected chi connectivity index (χ0v) is 22.4. The number of hydrogen-bond acceptors (Lipinski definition) is 6. The van der Waals surface area contributed by atoms with Gasteiger partial charge < -0.3 is 10.7 Å². The van der Waals surface area contributed by atoms with Crippen LogP contribution in [-0.4, -0.2) is 66.0 Å². The van der Waals surface area contributed by atoms with Crippen LogP contribution in [0.1, 0.15) is 36.1 Å². The van der Waals surface area contributed by atoms with E-state index < -0.39 is 34.5 Å². The lowest BCUT2D eigenvalue weighted by Crippen LogP contribution is -2.51. The molecule has 13 heteroatoms. The van der Waals surface area contributed by atoms with Gasteiger partial charge in [-0.3, -0.25) is 9.58 Å². The highest BCUT2D eigenvalue weighted by molar-refractivity contribution is 7.89. The molecule has 0 unspecified atom stereocenters. The van der Waals surface area contributed by atoms with Crippen molar-refractivity contribution in [2.24, 2.45) is 0 Å². The van der Waals surface area contributed by atoms with Gasteiger partial charge in [-0.05, 0) is 61.4 Å². The summed E-state index contributed by atoms with van der Waals surface area (Å²) in [5.74, 6) is -0.392. The molecule has 2 heterocycles. The zero-order valence-electron chi connectivity index (χ0n) is 21.5. The molecule has 0 saturated carbocycles. The molecule has 0 aliphatic carbocycles. The van der Waals surface area contributed by atoms with E-state index in [1.165, 1.54) is 33.5 Å². The molecule has 0 spiro atoms. The van der Waals surface area contributed by atoms with Crippen LogP contribution in [0.15, 0.2) is 53.7 Å². The van der Waals surface area contributed by atoms with Gasteiger partial charge in [0.1, 0.15) is 10.7 Å². The van der Waals surface area contributed by atoms with E-state index >= 15 is 0 Å². The van der Waals surface area contributed by atoms with Crippen molar-refractivity contribution in [2.45, 2.75) is 43.9 Å². The van der Waals surface area contributed by atoms with Crippen LogP contribution in [0.3, 0.4) is 0 Å². The van der Waals surface area contributed by atoms with E-state index in [1.54, 1.807) is 36.1 Å². The predicted molar refractivity (Wildman–Crippen MR) is 140 cm³/mol. The summed E-state index contributed by atoms with van der Waals surface area (Å²) in [6.45, 7) is 3.92. The van der Waals surface area contributed by atoms with Crippen LogP contribution in [0.25, 0.3) is 0 Å². The molecule has 1 fully saturated rings. The van der Waals surface area contributed by atoms with Crippen molar-refractivity contribution in [1.82, 2.24) is 19.0 Å². The molecule has 2 N–H and O–H groups in total. The Morgan fingerprint density at radius 2 is 1.90 bits per heavy atom. The highest BCUT2D eigenvalue weighted by atomic mass is 32.2. The van der Waals surface area contributed by atoms with Gasteiger partial charge in [0.05, 0.1) is 12.6 Å². The number of alkyl halides is 3. The van der Waals surface area contributed by atoms with E-state index in [-0.39, 0.29) is 31.1 Å². The van der Waals surface area contributed by atoms with Crippen LogP contribution in [0.4, 0.5) is 28.9 Å². The normalized spacial score (nSPS) is 17.3. The molecule has 0 radical (unpaired) electrons. The van der Waals surface area contributed by atoms with Gasteiger partial charge in [0.25, 0.3) is 0 Å². The van der Waals surface area contributed by atoms with Crippen LogP contribution in [0.2, 0.25) is 0 Å². The maximum atomic E-state index is 13.4. The third kappa shape index (κ3) is 6.65. The third-order valence-corrected chi connectivity index (χ3v) is 8.60. The van der Waals surface area contributed by atoms with Crippen molar-refractivity contribution >= 4 is 27.6 Å². The third-order valence-electron chi connectivity index (χ3n) is 6.78. The average Bonchev–Trinajstić information content (AvgIpc) is 3.39. The second-order valence-corrected chi connectivity index (χ2v) is 11.3. The Kier molecular flexibility index (Phi) is 8.42. The van der Waals surface area contributed by atoms with E-state index in [2.05, 4.69) is 10.4 Å². The van der Waals surface area contributed by atoms with Crippen LogP contribution in [0.5, 0.6) is 0 Å². The second kappa shape index (κ2) is 11.4. The molecule has 1 aromatic heterocycles. The molecule has 3 aromatic rings. The second-order valence-electron chi connectivity index (χ2n) is 9.38. The largest absolute Gasteiger partial charge is 0.390 e. The average molecular weight is 567 g/mol. The number of aryl methyl sites for hydroxylation is 2. The molecule has 1 saturated heterocycles. The minimum absolute atomic E-state index is 0.0302. The number of nitrogens with one attached hydrogen (secondary N) is 2. The summed E-state index contributed by atoms with van der Waals surface area (Å²) in [5, 5.41) is 15.1. The van der Waals surface area contributed by atoms with Crippen molar-refractivity contribution in [2.75, 3.05) is 31.5 Å². The van der Waals surface area contributed by atoms with Gasteiger partial charge in [0.15, 0.2) is 0 Å². The van der Waals surface area contributed by atoms with Gasteiger partial charge in [-0.2, -0.15) is 22.6 Å². The first-order valence-electron chi connectivity index (χ1n) is 12.4. The molecular weight excluding hydrogens is 536 g/mol. The van der Waals surface area contributed by atoms with E-state index in [0.717, 1.165) is 6.21 Å². The maximum Gasteiger partial charge on any atom is 0.390 e. The van der Waals surface area contributed by atoms with Crippen LogP contribution >= 0.6 is 0 Å². The number of sulfonamides is 1. The summed E-state index contributed by atoms with van der Waals surface area (Å²) in [7, 11) is -3.93. The first kappa shape index (κ1) is 28.7. The topological polar surface area (TPSA) is 94.3 Å². The van der Waals surface area contributed by atoms with Gasteiger partial charge in [-0.1, -0.05) is 0 Å². The highest BCUT2D eigenvalue weighted by Gasteiger charge is 2.38. The van der Waals surface area contributed by atoms with Crippen molar-refractivity contribution in [3.8, 4) is 0 Å². The Morgan fingerprint density at radius 3 is 2.51 bits per heavy atom. The SMILES string of the molecule is CCn1cc(S(=O)(=O)N2CCN(CCC(F)(F)F)[C@@H](c3cc(C=N)c(Nc4ccc(F)cc4)cc3C)C2)cn1. The Labute approximate surface area is 224 Å². The molecule has 0 amide bonds. The number of anilines is 2. The van der Waals surface area contributed by atoms with Gasteiger partial charge in [-0.15, -0.1) is 0 Å². The van der Waals surface area contributed by atoms with E-state index in [0.29, 0.717) is 34.6 Å². The number of rotatable bonds is 9. The minimum atomic E-state index is -4.36. The monoisotopic (exact) mass is 566 g/mol. The number of hydrogen-bond donors (Lipinski definition) is 2. The number of aromatic nitrogens is 2. The number of halogens is 4. The number of piperazine rings is 1. The molecule has 210 valence electrons. The van der Waals surface area contributed by atoms with Gasteiger partial charge in [-0.25, -0.2) is 12.8 Å². The lowest BCUT2D eigenvalue weighted by atomic mass is 9.94. The molecule has 1 aliphatic heterocycles. The maximum absolute atomic E-state index is 13.4. The van der Waals surface area contributed by atoms with Crippen LogP contribution in [-0.2, 0) is 16.6 Å². The molecule has 4 rings (SSSR count). The summed E-state index contributed by atoms with van der Waals surface area (Å²) in [6.07, 6.45) is -1.56. The lowest BCUT2D eigenvalue weighted by Gasteiger charge is -2.41. The fourth-order valence-corrected chi connectivity index (χ4v) is 6.06. The Bertz CT molecular complexity index is 1420. The van der Waals surface area contributed by atoms with Crippen molar-refractivity contribution < 1.29 is 26.0 Å². The fraction of sp³-hybridized carbons (Fsp3) is 0.385. The Hall–Kier alpha value is -3.29. The number of nitrogens with zero attached hydrogens (tertiary/aromatic N) is 4. The van der Waals surface area contributed by atoms with Crippen molar-refractivity contribution in [3.63, 3.8) is 0 Å². The zero-order chi connectivity index (χ0) is 28.4. The Balaban J connectivity index is 1.68. The molecule has 1 aliphatic rings.